The fourth-order valence-corrected chi connectivity index (χ4v) is 4.52. The highest BCUT2D eigenvalue weighted by molar-refractivity contribution is 7.99. The van der Waals surface area contributed by atoms with Crippen LogP contribution in [0, 0.1) is 0 Å². The highest BCUT2D eigenvalue weighted by Gasteiger charge is 2.29. The van der Waals surface area contributed by atoms with Gasteiger partial charge >= 0.3 is 0 Å². The van der Waals surface area contributed by atoms with Gasteiger partial charge in [-0.2, -0.15) is 0 Å². The van der Waals surface area contributed by atoms with Gasteiger partial charge in [0.05, 0.1) is 5.75 Å². The topological polar surface area (TPSA) is 49.4 Å². The molecule has 0 saturated heterocycles. The Balaban J connectivity index is 2.16. The van der Waals surface area contributed by atoms with Gasteiger partial charge in [0.2, 0.25) is 11.8 Å². The first-order valence-corrected chi connectivity index (χ1v) is 12.4. The van der Waals surface area contributed by atoms with Crippen LogP contribution in [0.3, 0.4) is 0 Å². The van der Waals surface area contributed by atoms with Crippen molar-refractivity contribution in [1.29, 1.82) is 0 Å². The third-order valence-electron chi connectivity index (χ3n) is 4.58. The van der Waals surface area contributed by atoms with E-state index in [1.807, 2.05) is 45.0 Å². The first kappa shape index (κ1) is 25.9. The quantitative estimate of drug-likeness (QED) is 0.421. The summed E-state index contributed by atoms with van der Waals surface area (Å²) in [6, 6.07) is 12.1. The molecule has 0 aromatic heterocycles. The molecule has 2 amide bonds. The van der Waals surface area contributed by atoms with Crippen molar-refractivity contribution in [3.8, 4) is 0 Å². The van der Waals surface area contributed by atoms with Crippen LogP contribution in [0.5, 0.6) is 0 Å². The summed E-state index contributed by atoms with van der Waals surface area (Å²) in [5.74, 6) is 0.640. The van der Waals surface area contributed by atoms with Crippen molar-refractivity contribution in [1.82, 2.24) is 10.2 Å². The summed E-state index contributed by atoms with van der Waals surface area (Å²) >= 11 is 19.8. The van der Waals surface area contributed by atoms with E-state index in [2.05, 4.69) is 5.32 Å². The van der Waals surface area contributed by atoms with Crippen molar-refractivity contribution in [2.45, 2.75) is 51.6 Å². The maximum Gasteiger partial charge on any atom is 0.243 e. The van der Waals surface area contributed by atoms with Crippen LogP contribution in [0.2, 0.25) is 15.1 Å². The standard InChI is InChI=1S/C23H27Cl3N2O2S/c1-4-21(23(30)27-15(2)3)28(12-17-7-10-19(25)11-20(17)26)22(29)14-31-13-16-5-8-18(24)9-6-16/h5-11,15,21H,4,12-14H2,1-3H3,(H,27,30)/t21-/m1/s1. The van der Waals surface area contributed by atoms with Crippen molar-refractivity contribution >= 4 is 58.4 Å². The number of nitrogens with zero attached hydrogens (tertiary/aromatic N) is 1. The molecule has 2 aromatic rings. The molecule has 168 valence electrons. The third kappa shape index (κ3) is 8.23. The SMILES string of the molecule is CC[C@H](C(=O)NC(C)C)N(Cc1ccc(Cl)cc1Cl)C(=O)CSCc1ccc(Cl)cc1. The van der Waals surface area contributed by atoms with Crippen LogP contribution in [0.4, 0.5) is 0 Å². The maximum atomic E-state index is 13.2. The molecule has 2 aromatic carbocycles. The maximum absolute atomic E-state index is 13.2. The Morgan fingerprint density at radius 1 is 1.03 bits per heavy atom. The van der Waals surface area contributed by atoms with Gasteiger partial charge in [0, 0.05) is 33.4 Å². The first-order chi connectivity index (χ1) is 14.7. The molecule has 0 bridgehead atoms. The normalized spacial score (nSPS) is 12.0. The number of halogens is 3. The van der Waals surface area contributed by atoms with Gasteiger partial charge < -0.3 is 10.2 Å². The van der Waals surface area contributed by atoms with E-state index in [-0.39, 0.29) is 30.2 Å². The van der Waals surface area contributed by atoms with E-state index >= 15 is 0 Å². The molecule has 0 fully saturated rings. The zero-order valence-corrected chi connectivity index (χ0v) is 20.9. The van der Waals surface area contributed by atoms with E-state index in [9.17, 15) is 9.59 Å². The second-order valence-electron chi connectivity index (χ2n) is 7.46. The minimum atomic E-state index is -0.585. The Morgan fingerprint density at radius 3 is 2.26 bits per heavy atom. The second kappa shape index (κ2) is 12.6. The number of thioether (sulfide) groups is 1. The first-order valence-electron chi connectivity index (χ1n) is 10.1. The molecule has 0 heterocycles. The van der Waals surface area contributed by atoms with Crippen molar-refractivity contribution < 1.29 is 9.59 Å². The number of hydrogen-bond acceptors (Lipinski definition) is 3. The van der Waals surface area contributed by atoms with E-state index in [0.717, 1.165) is 11.1 Å². The summed E-state index contributed by atoms with van der Waals surface area (Å²) in [6.45, 7) is 5.93. The molecule has 0 spiro atoms. The molecule has 0 saturated carbocycles. The van der Waals surface area contributed by atoms with Crippen LogP contribution >= 0.6 is 46.6 Å². The van der Waals surface area contributed by atoms with Gasteiger partial charge in [-0.1, -0.05) is 59.9 Å². The lowest BCUT2D eigenvalue weighted by atomic mass is 10.1. The van der Waals surface area contributed by atoms with Crippen LogP contribution in [0.25, 0.3) is 0 Å². The largest absolute Gasteiger partial charge is 0.352 e. The molecule has 2 rings (SSSR count). The van der Waals surface area contributed by atoms with E-state index in [1.54, 1.807) is 23.1 Å². The minimum absolute atomic E-state index is 0.0168. The third-order valence-corrected chi connectivity index (χ3v) is 6.41. The van der Waals surface area contributed by atoms with Gasteiger partial charge in [0.15, 0.2) is 0 Å². The van der Waals surface area contributed by atoms with Crippen LogP contribution in [-0.4, -0.2) is 34.6 Å². The van der Waals surface area contributed by atoms with Gasteiger partial charge in [0.25, 0.3) is 0 Å². The number of carbonyl (C=O) groups excluding carboxylic acids is 2. The van der Waals surface area contributed by atoms with Gasteiger partial charge in [-0.05, 0) is 55.7 Å². The number of carbonyl (C=O) groups is 2. The smallest absolute Gasteiger partial charge is 0.243 e. The zero-order chi connectivity index (χ0) is 23.0. The highest BCUT2D eigenvalue weighted by atomic mass is 35.5. The van der Waals surface area contributed by atoms with E-state index < -0.39 is 6.04 Å². The van der Waals surface area contributed by atoms with Crippen LogP contribution in [0.15, 0.2) is 42.5 Å². The van der Waals surface area contributed by atoms with Gasteiger partial charge in [-0.3, -0.25) is 9.59 Å². The molecule has 31 heavy (non-hydrogen) atoms. The lowest BCUT2D eigenvalue weighted by Crippen LogP contribution is -2.51. The second-order valence-corrected chi connectivity index (χ2v) is 9.73. The molecule has 0 unspecified atom stereocenters. The zero-order valence-electron chi connectivity index (χ0n) is 17.8. The van der Waals surface area contributed by atoms with Gasteiger partial charge in [-0.25, -0.2) is 0 Å². The Labute approximate surface area is 203 Å². The summed E-state index contributed by atoms with van der Waals surface area (Å²) < 4.78 is 0. The summed E-state index contributed by atoms with van der Waals surface area (Å²) in [5.41, 5.74) is 1.83. The minimum Gasteiger partial charge on any atom is -0.352 e. The average Bonchev–Trinajstić information content (AvgIpc) is 2.70. The van der Waals surface area contributed by atoms with E-state index in [0.29, 0.717) is 27.2 Å². The Kier molecular flexibility index (Phi) is 10.5. The number of benzene rings is 2. The number of amides is 2. The highest BCUT2D eigenvalue weighted by Crippen LogP contribution is 2.24. The lowest BCUT2D eigenvalue weighted by molar-refractivity contribution is -0.139. The monoisotopic (exact) mass is 500 g/mol. The summed E-state index contributed by atoms with van der Waals surface area (Å²) in [6.07, 6.45) is 0.497. The van der Waals surface area contributed by atoms with Crippen molar-refractivity contribution in [2.24, 2.45) is 0 Å². The predicted octanol–water partition coefficient (Wildman–Crippen LogP) is 6.21. The molecular weight excluding hydrogens is 475 g/mol. The van der Waals surface area contributed by atoms with Crippen molar-refractivity contribution in [3.63, 3.8) is 0 Å². The summed E-state index contributed by atoms with van der Waals surface area (Å²) in [7, 11) is 0. The van der Waals surface area contributed by atoms with Crippen LogP contribution in [-0.2, 0) is 21.9 Å². The molecule has 0 aliphatic carbocycles. The van der Waals surface area contributed by atoms with Gasteiger partial charge in [0.1, 0.15) is 6.04 Å². The number of nitrogens with one attached hydrogen (secondary N) is 1. The Bertz CT molecular complexity index is 891. The average molecular weight is 502 g/mol. The Hall–Kier alpha value is -1.40. The fraction of sp³-hybridized carbons (Fsp3) is 0.391. The molecule has 4 nitrogen and oxygen atoms in total. The van der Waals surface area contributed by atoms with E-state index in [4.69, 9.17) is 34.8 Å². The van der Waals surface area contributed by atoms with Crippen molar-refractivity contribution in [3.05, 3.63) is 68.7 Å². The van der Waals surface area contributed by atoms with Crippen LogP contribution < -0.4 is 5.32 Å². The van der Waals surface area contributed by atoms with Gasteiger partial charge in [-0.15, -0.1) is 11.8 Å². The molecule has 1 N–H and O–H groups in total. The van der Waals surface area contributed by atoms with E-state index in [1.165, 1.54) is 11.8 Å². The molecular formula is C23H27Cl3N2O2S. The van der Waals surface area contributed by atoms with Crippen LogP contribution in [0.1, 0.15) is 38.3 Å². The van der Waals surface area contributed by atoms with Crippen molar-refractivity contribution in [2.75, 3.05) is 5.75 Å². The predicted molar refractivity (Wildman–Crippen MR) is 132 cm³/mol. The molecule has 0 aliphatic rings. The number of hydrogen-bond donors (Lipinski definition) is 1. The lowest BCUT2D eigenvalue weighted by Gasteiger charge is -2.31. The number of rotatable bonds is 10. The molecule has 8 heteroatoms. The Morgan fingerprint density at radius 2 is 1.68 bits per heavy atom. The molecule has 0 aliphatic heterocycles. The molecule has 0 radical (unpaired) electrons. The fourth-order valence-electron chi connectivity index (χ4n) is 3.05. The summed E-state index contributed by atoms with van der Waals surface area (Å²) in [4.78, 5) is 27.6. The summed E-state index contributed by atoms with van der Waals surface area (Å²) in [5, 5.41) is 4.59. The molecule has 1 atom stereocenters.